The van der Waals surface area contributed by atoms with Crippen LogP contribution in [-0.4, -0.2) is 16.5 Å². The van der Waals surface area contributed by atoms with Crippen LogP contribution in [0.1, 0.15) is 0 Å². The molecule has 1 unspecified atom stereocenters. The van der Waals surface area contributed by atoms with Crippen molar-refractivity contribution in [2.75, 3.05) is 12.3 Å². The van der Waals surface area contributed by atoms with Gasteiger partial charge in [0.2, 0.25) is 0 Å². The van der Waals surface area contributed by atoms with Gasteiger partial charge in [0.15, 0.2) is 0 Å². The molecule has 1 rings (SSSR count). The van der Waals surface area contributed by atoms with E-state index in [1.54, 1.807) is 18.2 Å². The zero-order valence-electron chi connectivity index (χ0n) is 7.56. The Kier molecular flexibility index (Phi) is 4.91. The van der Waals surface area contributed by atoms with Crippen molar-refractivity contribution < 1.29 is 4.21 Å². The van der Waals surface area contributed by atoms with E-state index in [0.29, 0.717) is 14.9 Å². The van der Waals surface area contributed by atoms with E-state index in [2.05, 4.69) is 10.0 Å². The fourth-order valence-corrected chi connectivity index (χ4v) is 2.22. The molecular weight excluding hydrogens is 257 g/mol. The van der Waals surface area contributed by atoms with Gasteiger partial charge in [0.05, 0.1) is 20.8 Å². The molecule has 0 radical (unpaired) electrons. The average molecular weight is 264 g/mol. The van der Waals surface area contributed by atoms with Crippen LogP contribution in [-0.2, 0) is 10.8 Å². The summed E-state index contributed by atoms with van der Waals surface area (Å²) >= 11 is 11.5. The van der Waals surface area contributed by atoms with Crippen LogP contribution in [0, 0.1) is 0 Å². The molecule has 0 amide bonds. The lowest BCUT2D eigenvalue weighted by atomic mass is 10.4. The van der Waals surface area contributed by atoms with Gasteiger partial charge in [-0.15, -0.1) is 0 Å². The monoisotopic (exact) mass is 263 g/mol. The maximum Gasteiger partial charge on any atom is 0.0604 e. The van der Waals surface area contributed by atoms with Crippen molar-refractivity contribution in [2.24, 2.45) is 5.11 Å². The van der Waals surface area contributed by atoms with E-state index < -0.39 is 10.8 Å². The Hall–Kier alpha value is -0.740. The van der Waals surface area contributed by atoms with Gasteiger partial charge >= 0.3 is 0 Å². The Morgan fingerprint density at radius 3 is 2.73 bits per heavy atom. The Morgan fingerprint density at radius 1 is 1.40 bits per heavy atom. The second-order valence-electron chi connectivity index (χ2n) is 2.58. The molecule has 0 spiro atoms. The number of hydrogen-bond acceptors (Lipinski definition) is 2. The highest BCUT2D eigenvalue weighted by Crippen LogP contribution is 2.24. The molecule has 1 aromatic carbocycles. The van der Waals surface area contributed by atoms with Gasteiger partial charge < -0.3 is 0 Å². The SMILES string of the molecule is [N-]=[N+]=NCCS(=O)c1ccc(Cl)c(Cl)c1. The molecule has 0 aliphatic rings. The summed E-state index contributed by atoms with van der Waals surface area (Å²) in [5.74, 6) is 0.280. The predicted molar refractivity (Wildman–Crippen MR) is 61.8 cm³/mol. The second-order valence-corrected chi connectivity index (χ2v) is 4.97. The van der Waals surface area contributed by atoms with Crippen molar-refractivity contribution in [1.29, 1.82) is 0 Å². The van der Waals surface area contributed by atoms with Gasteiger partial charge in [-0.25, -0.2) is 0 Å². The van der Waals surface area contributed by atoms with E-state index in [9.17, 15) is 4.21 Å². The first-order chi connectivity index (χ1) is 7.15. The minimum Gasteiger partial charge on any atom is -0.254 e. The first-order valence-corrected chi connectivity index (χ1v) is 6.07. The van der Waals surface area contributed by atoms with Crippen molar-refractivity contribution >= 4 is 34.0 Å². The highest BCUT2D eigenvalue weighted by molar-refractivity contribution is 7.85. The summed E-state index contributed by atoms with van der Waals surface area (Å²) in [5, 5.41) is 4.10. The lowest BCUT2D eigenvalue weighted by Gasteiger charge is -2.01. The third-order valence-electron chi connectivity index (χ3n) is 1.59. The fourth-order valence-electron chi connectivity index (χ4n) is 0.905. The maximum atomic E-state index is 11.6. The third kappa shape index (κ3) is 3.72. The summed E-state index contributed by atoms with van der Waals surface area (Å²) < 4.78 is 11.6. The van der Waals surface area contributed by atoms with Gasteiger partial charge in [0.25, 0.3) is 0 Å². The van der Waals surface area contributed by atoms with Crippen LogP contribution in [0.15, 0.2) is 28.2 Å². The number of rotatable bonds is 4. The van der Waals surface area contributed by atoms with E-state index in [4.69, 9.17) is 28.7 Å². The van der Waals surface area contributed by atoms with E-state index in [0.717, 1.165) is 0 Å². The zero-order valence-corrected chi connectivity index (χ0v) is 9.89. The van der Waals surface area contributed by atoms with E-state index >= 15 is 0 Å². The first-order valence-electron chi connectivity index (χ1n) is 3.99. The molecule has 0 fully saturated rings. The standard InChI is InChI=1S/C8H7Cl2N3OS/c9-7-2-1-6(5-8(7)10)15(14)4-3-12-13-11/h1-2,5H,3-4H2. The molecule has 80 valence electrons. The molecule has 15 heavy (non-hydrogen) atoms. The number of benzene rings is 1. The largest absolute Gasteiger partial charge is 0.254 e. The van der Waals surface area contributed by atoms with Crippen LogP contribution in [0.25, 0.3) is 10.4 Å². The van der Waals surface area contributed by atoms with Crippen molar-refractivity contribution in [3.63, 3.8) is 0 Å². The maximum absolute atomic E-state index is 11.6. The minimum absolute atomic E-state index is 0.198. The molecule has 0 bridgehead atoms. The number of nitrogens with zero attached hydrogens (tertiary/aromatic N) is 3. The van der Waals surface area contributed by atoms with E-state index in [1.165, 1.54) is 0 Å². The molecule has 0 aliphatic carbocycles. The van der Waals surface area contributed by atoms with Gasteiger partial charge in [-0.2, -0.15) is 0 Å². The van der Waals surface area contributed by atoms with E-state index in [1.807, 2.05) is 0 Å². The van der Waals surface area contributed by atoms with Gasteiger partial charge in [0.1, 0.15) is 0 Å². The Balaban J connectivity index is 2.74. The van der Waals surface area contributed by atoms with Crippen molar-refractivity contribution in [3.8, 4) is 0 Å². The number of halogens is 2. The number of hydrogen-bond donors (Lipinski definition) is 0. The average Bonchev–Trinajstić information content (AvgIpc) is 2.22. The number of azide groups is 1. The summed E-state index contributed by atoms with van der Waals surface area (Å²) in [6.45, 7) is 0.198. The Labute approximate surface area is 99.3 Å². The van der Waals surface area contributed by atoms with Crippen molar-refractivity contribution in [2.45, 2.75) is 4.90 Å². The van der Waals surface area contributed by atoms with Crippen molar-refractivity contribution in [3.05, 3.63) is 38.7 Å². The summed E-state index contributed by atoms with van der Waals surface area (Å²) in [4.78, 5) is 3.16. The molecule has 1 aromatic rings. The molecule has 0 saturated carbocycles. The molecule has 7 heteroatoms. The summed E-state index contributed by atoms with van der Waals surface area (Å²) in [7, 11) is -1.21. The van der Waals surface area contributed by atoms with Gasteiger partial charge in [0, 0.05) is 22.1 Å². The molecule has 0 aliphatic heterocycles. The third-order valence-corrected chi connectivity index (χ3v) is 3.67. The van der Waals surface area contributed by atoms with Crippen LogP contribution in [0.3, 0.4) is 0 Å². The highest BCUT2D eigenvalue weighted by atomic mass is 35.5. The molecular formula is C8H7Cl2N3OS. The molecule has 0 aromatic heterocycles. The lowest BCUT2D eigenvalue weighted by Crippen LogP contribution is -2.00. The van der Waals surface area contributed by atoms with E-state index in [-0.39, 0.29) is 12.3 Å². The summed E-state index contributed by atoms with van der Waals surface area (Å²) in [5.41, 5.74) is 8.05. The fraction of sp³-hybridized carbons (Fsp3) is 0.250. The van der Waals surface area contributed by atoms with Gasteiger partial charge in [-0.1, -0.05) is 28.3 Å². The van der Waals surface area contributed by atoms with Gasteiger partial charge in [-0.05, 0) is 23.7 Å². The first kappa shape index (κ1) is 12.3. The molecule has 1 atom stereocenters. The normalized spacial score (nSPS) is 11.9. The summed E-state index contributed by atoms with van der Waals surface area (Å²) in [6, 6.07) is 4.78. The van der Waals surface area contributed by atoms with Crippen LogP contribution >= 0.6 is 23.2 Å². The van der Waals surface area contributed by atoms with Crippen LogP contribution in [0.4, 0.5) is 0 Å². The predicted octanol–water partition coefficient (Wildman–Crippen LogP) is 3.41. The van der Waals surface area contributed by atoms with Crippen LogP contribution < -0.4 is 0 Å². The zero-order chi connectivity index (χ0) is 11.3. The molecule has 4 nitrogen and oxygen atoms in total. The summed E-state index contributed by atoms with van der Waals surface area (Å²) in [6.07, 6.45) is 0. The smallest absolute Gasteiger partial charge is 0.0604 e. The molecule has 0 N–H and O–H groups in total. The minimum atomic E-state index is -1.21. The van der Waals surface area contributed by atoms with Crippen molar-refractivity contribution in [1.82, 2.24) is 0 Å². The lowest BCUT2D eigenvalue weighted by molar-refractivity contribution is 0.682. The topological polar surface area (TPSA) is 65.8 Å². The molecule has 0 heterocycles. The molecule has 0 saturated heterocycles. The van der Waals surface area contributed by atoms with Gasteiger partial charge in [-0.3, -0.25) is 4.21 Å². The Bertz CT molecular complexity index is 432. The highest BCUT2D eigenvalue weighted by Gasteiger charge is 2.05. The Morgan fingerprint density at radius 2 is 2.13 bits per heavy atom. The van der Waals surface area contributed by atoms with Crippen LogP contribution in [0.2, 0.25) is 10.0 Å². The quantitative estimate of drug-likeness (QED) is 0.466. The van der Waals surface area contributed by atoms with Crippen LogP contribution in [0.5, 0.6) is 0 Å². The second kappa shape index (κ2) is 5.98.